The van der Waals surface area contributed by atoms with E-state index in [1.807, 2.05) is 0 Å². The van der Waals surface area contributed by atoms with Gasteiger partial charge in [-0.05, 0) is 6.07 Å². The molecule has 0 unspecified atom stereocenters. The highest BCUT2D eigenvalue weighted by molar-refractivity contribution is 5.29. The summed E-state index contributed by atoms with van der Waals surface area (Å²) in [6.45, 7) is -1.33. The molecule has 1 heterocycles. The van der Waals surface area contributed by atoms with Crippen LogP contribution in [0.2, 0.25) is 0 Å². The van der Waals surface area contributed by atoms with Crippen molar-refractivity contribution in [3.05, 3.63) is 35.6 Å². The SMILES string of the molecule is N[C@@]1(c2ccccc2F)CO[C@H](C(F)(F)F)[C@H]1CO. The van der Waals surface area contributed by atoms with E-state index in [1.54, 1.807) is 0 Å². The maximum absolute atomic E-state index is 13.7. The minimum atomic E-state index is -4.65. The highest BCUT2D eigenvalue weighted by Gasteiger charge is 2.58. The fourth-order valence-electron chi connectivity index (χ4n) is 2.42. The van der Waals surface area contributed by atoms with Crippen molar-refractivity contribution in [1.82, 2.24) is 0 Å². The van der Waals surface area contributed by atoms with E-state index in [2.05, 4.69) is 4.74 Å². The average molecular weight is 279 g/mol. The van der Waals surface area contributed by atoms with Crippen LogP contribution in [0.4, 0.5) is 17.6 Å². The van der Waals surface area contributed by atoms with E-state index in [0.29, 0.717) is 0 Å². The fourth-order valence-corrected chi connectivity index (χ4v) is 2.42. The number of benzene rings is 1. The van der Waals surface area contributed by atoms with Crippen LogP contribution in [0.5, 0.6) is 0 Å². The summed E-state index contributed by atoms with van der Waals surface area (Å²) < 4.78 is 56.7. The number of hydrogen-bond donors (Lipinski definition) is 2. The standard InChI is InChI=1S/C12H13F4NO2/c13-9-4-2-1-3-7(9)11(17)6-19-10(8(11)5-18)12(14,15)16/h1-4,8,10,18H,5-6,17H2/t8-,10+,11-/m1/s1. The Morgan fingerprint density at radius 3 is 2.53 bits per heavy atom. The summed E-state index contributed by atoms with van der Waals surface area (Å²) in [5.41, 5.74) is 4.12. The average Bonchev–Trinajstić information content (AvgIpc) is 2.67. The zero-order valence-electron chi connectivity index (χ0n) is 9.82. The normalized spacial score (nSPS) is 31.7. The Labute approximate surface area is 107 Å². The lowest BCUT2D eigenvalue weighted by Crippen LogP contribution is -2.50. The summed E-state index contributed by atoms with van der Waals surface area (Å²) in [5.74, 6) is -2.15. The van der Waals surface area contributed by atoms with Crippen molar-refractivity contribution in [3.8, 4) is 0 Å². The minimum absolute atomic E-state index is 0.0826. The third kappa shape index (κ3) is 2.33. The molecule has 1 aliphatic heterocycles. The van der Waals surface area contributed by atoms with E-state index >= 15 is 0 Å². The van der Waals surface area contributed by atoms with Gasteiger partial charge in [-0.3, -0.25) is 0 Å². The second-order valence-electron chi connectivity index (χ2n) is 4.58. The van der Waals surface area contributed by atoms with Gasteiger partial charge < -0.3 is 15.6 Å². The first kappa shape index (κ1) is 14.2. The Balaban J connectivity index is 2.42. The molecule has 0 aromatic heterocycles. The van der Waals surface area contributed by atoms with Crippen molar-refractivity contribution in [1.29, 1.82) is 0 Å². The molecule has 1 saturated heterocycles. The lowest BCUT2D eigenvalue weighted by Gasteiger charge is -2.31. The Bertz CT molecular complexity index is 465. The Hall–Kier alpha value is -1.18. The second-order valence-corrected chi connectivity index (χ2v) is 4.58. The van der Waals surface area contributed by atoms with Crippen molar-refractivity contribution < 1.29 is 27.4 Å². The van der Waals surface area contributed by atoms with Crippen LogP contribution in [-0.2, 0) is 10.3 Å². The molecule has 106 valence electrons. The monoisotopic (exact) mass is 279 g/mol. The number of aliphatic hydroxyl groups is 1. The maximum Gasteiger partial charge on any atom is 0.415 e. The molecule has 0 aliphatic carbocycles. The van der Waals surface area contributed by atoms with Crippen LogP contribution in [0.15, 0.2) is 24.3 Å². The number of nitrogens with two attached hydrogens (primary N) is 1. The molecule has 0 amide bonds. The van der Waals surface area contributed by atoms with E-state index < -0.39 is 42.8 Å². The van der Waals surface area contributed by atoms with Crippen LogP contribution in [0.25, 0.3) is 0 Å². The van der Waals surface area contributed by atoms with Crippen LogP contribution in [0, 0.1) is 11.7 Å². The van der Waals surface area contributed by atoms with Crippen LogP contribution in [-0.4, -0.2) is 30.6 Å². The number of rotatable bonds is 2. The molecule has 0 bridgehead atoms. The van der Waals surface area contributed by atoms with Gasteiger partial charge in [0, 0.05) is 11.5 Å². The van der Waals surface area contributed by atoms with Gasteiger partial charge in [0.25, 0.3) is 0 Å². The molecule has 3 N–H and O–H groups in total. The van der Waals surface area contributed by atoms with E-state index in [-0.39, 0.29) is 5.56 Å². The van der Waals surface area contributed by atoms with E-state index in [9.17, 15) is 22.7 Å². The second kappa shape index (κ2) is 4.73. The largest absolute Gasteiger partial charge is 0.415 e. The molecular weight excluding hydrogens is 266 g/mol. The molecule has 2 rings (SSSR count). The van der Waals surface area contributed by atoms with Crippen LogP contribution in [0.3, 0.4) is 0 Å². The molecule has 3 atom stereocenters. The van der Waals surface area contributed by atoms with Crippen LogP contribution >= 0.6 is 0 Å². The number of ether oxygens (including phenoxy) is 1. The van der Waals surface area contributed by atoms with Crippen LogP contribution in [0.1, 0.15) is 5.56 Å². The van der Waals surface area contributed by atoms with Gasteiger partial charge in [0.2, 0.25) is 0 Å². The fraction of sp³-hybridized carbons (Fsp3) is 0.500. The number of alkyl halides is 3. The zero-order valence-corrected chi connectivity index (χ0v) is 9.82. The van der Waals surface area contributed by atoms with Gasteiger partial charge in [-0.15, -0.1) is 0 Å². The third-order valence-corrected chi connectivity index (χ3v) is 3.42. The first-order valence-corrected chi connectivity index (χ1v) is 5.64. The summed E-state index contributed by atoms with van der Waals surface area (Å²) in [5, 5.41) is 9.21. The van der Waals surface area contributed by atoms with Gasteiger partial charge in [-0.1, -0.05) is 18.2 Å². The molecule has 1 aromatic rings. The molecule has 1 aromatic carbocycles. The van der Waals surface area contributed by atoms with Crippen molar-refractivity contribution in [3.63, 3.8) is 0 Å². The van der Waals surface area contributed by atoms with Crippen molar-refractivity contribution in [2.75, 3.05) is 13.2 Å². The maximum atomic E-state index is 13.7. The summed E-state index contributed by atoms with van der Waals surface area (Å²) in [7, 11) is 0. The molecule has 1 fully saturated rings. The molecule has 0 spiro atoms. The number of halogens is 4. The lowest BCUT2D eigenvalue weighted by molar-refractivity contribution is -0.219. The van der Waals surface area contributed by atoms with Crippen molar-refractivity contribution in [2.45, 2.75) is 17.8 Å². The smallest absolute Gasteiger partial charge is 0.396 e. The molecule has 7 heteroatoms. The molecule has 19 heavy (non-hydrogen) atoms. The highest BCUT2D eigenvalue weighted by Crippen LogP contribution is 2.44. The molecule has 0 radical (unpaired) electrons. The topological polar surface area (TPSA) is 55.5 Å². The molecule has 3 nitrogen and oxygen atoms in total. The van der Waals surface area contributed by atoms with Gasteiger partial charge in [-0.25, -0.2) is 4.39 Å². The van der Waals surface area contributed by atoms with Crippen LogP contribution < -0.4 is 5.73 Å². The van der Waals surface area contributed by atoms with E-state index in [0.717, 1.165) is 6.07 Å². The Kier molecular flexibility index (Phi) is 3.55. The quantitative estimate of drug-likeness (QED) is 0.808. The van der Waals surface area contributed by atoms with Gasteiger partial charge in [0.15, 0.2) is 6.10 Å². The van der Waals surface area contributed by atoms with Crippen molar-refractivity contribution in [2.24, 2.45) is 11.7 Å². The zero-order chi connectivity index (χ0) is 14.3. The van der Waals surface area contributed by atoms with Gasteiger partial charge in [0.1, 0.15) is 5.82 Å². The highest BCUT2D eigenvalue weighted by atomic mass is 19.4. The predicted octanol–water partition coefficient (Wildman–Crippen LogP) is 1.55. The van der Waals surface area contributed by atoms with Gasteiger partial charge >= 0.3 is 6.18 Å². The first-order chi connectivity index (χ1) is 8.80. The molecule has 1 aliphatic rings. The summed E-state index contributed by atoms with van der Waals surface area (Å²) in [6, 6.07) is 5.30. The Morgan fingerprint density at radius 2 is 2.00 bits per heavy atom. The predicted molar refractivity (Wildman–Crippen MR) is 58.6 cm³/mol. The lowest BCUT2D eigenvalue weighted by atomic mass is 9.78. The third-order valence-electron chi connectivity index (χ3n) is 3.42. The summed E-state index contributed by atoms with van der Waals surface area (Å²) >= 11 is 0. The number of hydrogen-bond acceptors (Lipinski definition) is 3. The van der Waals surface area contributed by atoms with E-state index in [4.69, 9.17) is 5.73 Å². The first-order valence-electron chi connectivity index (χ1n) is 5.64. The summed E-state index contributed by atoms with van der Waals surface area (Å²) in [4.78, 5) is 0. The van der Waals surface area contributed by atoms with E-state index in [1.165, 1.54) is 18.2 Å². The minimum Gasteiger partial charge on any atom is -0.396 e. The van der Waals surface area contributed by atoms with Gasteiger partial charge in [-0.2, -0.15) is 13.2 Å². The molecule has 0 saturated carbocycles. The Morgan fingerprint density at radius 1 is 1.37 bits per heavy atom. The number of aliphatic hydroxyl groups excluding tert-OH is 1. The van der Waals surface area contributed by atoms with Gasteiger partial charge in [0.05, 0.1) is 18.8 Å². The molecular formula is C12H13F4NO2. The summed E-state index contributed by atoms with van der Waals surface area (Å²) in [6.07, 6.45) is -6.85. The van der Waals surface area contributed by atoms with Crippen molar-refractivity contribution >= 4 is 0 Å².